The first kappa shape index (κ1) is 13.3. The van der Waals surface area contributed by atoms with Crippen molar-refractivity contribution in [1.29, 1.82) is 0 Å². The van der Waals surface area contributed by atoms with Crippen LogP contribution in [-0.4, -0.2) is 26.1 Å². The largest absolute Gasteiger partial charge is 0.478 e. The van der Waals surface area contributed by atoms with E-state index in [9.17, 15) is 14.7 Å². The van der Waals surface area contributed by atoms with E-state index in [4.69, 9.17) is 11.6 Å². The van der Waals surface area contributed by atoms with E-state index < -0.39 is 11.5 Å². The molecule has 0 atom stereocenters. The standard InChI is InChI=1S/C14H8ClN3O3/c15-8-5-6-10(14(20)21)12(7-8)18-13(19)9-3-1-2-4-11(9)16-17-18/h1-7H,(H,20,21). The zero-order chi connectivity index (χ0) is 15.0. The summed E-state index contributed by atoms with van der Waals surface area (Å²) in [4.78, 5) is 23.7. The smallest absolute Gasteiger partial charge is 0.337 e. The molecule has 1 heterocycles. The van der Waals surface area contributed by atoms with E-state index in [1.54, 1.807) is 24.3 Å². The van der Waals surface area contributed by atoms with Gasteiger partial charge in [-0.3, -0.25) is 4.79 Å². The number of nitrogens with zero attached hydrogens (tertiary/aromatic N) is 3. The summed E-state index contributed by atoms with van der Waals surface area (Å²) in [5.74, 6) is -1.18. The van der Waals surface area contributed by atoms with Crippen LogP contribution in [0.3, 0.4) is 0 Å². The first-order valence-corrected chi connectivity index (χ1v) is 6.34. The maximum Gasteiger partial charge on any atom is 0.337 e. The summed E-state index contributed by atoms with van der Waals surface area (Å²) in [6.07, 6.45) is 0. The number of hydrogen-bond acceptors (Lipinski definition) is 4. The maximum absolute atomic E-state index is 12.4. The van der Waals surface area contributed by atoms with E-state index in [0.717, 1.165) is 4.68 Å². The number of benzene rings is 2. The van der Waals surface area contributed by atoms with Crippen molar-refractivity contribution in [2.75, 3.05) is 0 Å². The molecule has 0 aliphatic rings. The van der Waals surface area contributed by atoms with Gasteiger partial charge in [-0.25, -0.2) is 4.79 Å². The molecule has 0 aliphatic heterocycles. The molecule has 7 heteroatoms. The highest BCUT2D eigenvalue weighted by Crippen LogP contribution is 2.19. The van der Waals surface area contributed by atoms with Gasteiger partial charge < -0.3 is 5.11 Å². The van der Waals surface area contributed by atoms with E-state index in [1.807, 2.05) is 0 Å². The summed E-state index contributed by atoms with van der Waals surface area (Å²) in [7, 11) is 0. The van der Waals surface area contributed by atoms with Crippen LogP contribution in [-0.2, 0) is 0 Å². The molecular weight excluding hydrogens is 294 g/mol. The number of carboxylic acids is 1. The summed E-state index contributed by atoms with van der Waals surface area (Å²) >= 11 is 5.89. The zero-order valence-corrected chi connectivity index (χ0v) is 11.3. The fourth-order valence-electron chi connectivity index (χ4n) is 2.01. The predicted molar refractivity (Wildman–Crippen MR) is 77.1 cm³/mol. The molecule has 21 heavy (non-hydrogen) atoms. The molecule has 2 aromatic carbocycles. The molecule has 3 rings (SSSR count). The summed E-state index contributed by atoms with van der Waals surface area (Å²) in [6.45, 7) is 0. The van der Waals surface area contributed by atoms with Gasteiger partial charge in [-0.05, 0) is 30.3 Å². The van der Waals surface area contributed by atoms with Crippen LogP contribution in [0, 0.1) is 0 Å². The van der Waals surface area contributed by atoms with Crippen molar-refractivity contribution >= 4 is 28.5 Å². The summed E-state index contributed by atoms with van der Waals surface area (Å²) in [6, 6.07) is 10.8. The van der Waals surface area contributed by atoms with Gasteiger partial charge in [0.2, 0.25) is 0 Å². The van der Waals surface area contributed by atoms with Gasteiger partial charge in [0.25, 0.3) is 5.56 Å². The summed E-state index contributed by atoms with van der Waals surface area (Å²) in [5, 5.41) is 17.6. The maximum atomic E-state index is 12.4. The van der Waals surface area contributed by atoms with Gasteiger partial charge in [0.1, 0.15) is 5.52 Å². The van der Waals surface area contributed by atoms with Crippen molar-refractivity contribution in [1.82, 2.24) is 15.0 Å². The molecule has 3 aromatic rings. The number of carbonyl (C=O) groups is 1. The second kappa shape index (κ2) is 4.99. The number of fused-ring (bicyclic) bond motifs is 1. The quantitative estimate of drug-likeness (QED) is 0.783. The molecule has 1 aromatic heterocycles. The van der Waals surface area contributed by atoms with Crippen LogP contribution in [0.1, 0.15) is 10.4 Å². The highest BCUT2D eigenvalue weighted by molar-refractivity contribution is 6.30. The Balaban J connectivity index is 2.36. The molecule has 0 fully saturated rings. The Bertz CT molecular complexity index is 921. The lowest BCUT2D eigenvalue weighted by Crippen LogP contribution is -2.24. The van der Waals surface area contributed by atoms with Gasteiger partial charge in [-0.1, -0.05) is 28.9 Å². The van der Waals surface area contributed by atoms with Crippen molar-refractivity contribution in [3.63, 3.8) is 0 Å². The van der Waals surface area contributed by atoms with Crippen LogP contribution in [0.5, 0.6) is 0 Å². The van der Waals surface area contributed by atoms with Gasteiger partial charge in [0.05, 0.1) is 16.6 Å². The predicted octanol–water partition coefficient (Wildman–Crippen LogP) is 2.13. The third-order valence-corrected chi connectivity index (χ3v) is 3.22. The van der Waals surface area contributed by atoms with Crippen LogP contribution in [0.2, 0.25) is 5.02 Å². The fraction of sp³-hybridized carbons (Fsp3) is 0. The van der Waals surface area contributed by atoms with Crippen molar-refractivity contribution in [2.45, 2.75) is 0 Å². The van der Waals surface area contributed by atoms with Gasteiger partial charge in [-0.2, -0.15) is 4.68 Å². The number of carboxylic acid groups (broad SMARTS) is 1. The summed E-state index contributed by atoms with van der Waals surface area (Å²) < 4.78 is 0.942. The van der Waals surface area contributed by atoms with E-state index in [2.05, 4.69) is 10.3 Å². The molecule has 0 bridgehead atoms. The Morgan fingerprint density at radius 1 is 1.19 bits per heavy atom. The topological polar surface area (TPSA) is 85.1 Å². The molecule has 1 N–H and O–H groups in total. The van der Waals surface area contributed by atoms with Crippen LogP contribution in [0.15, 0.2) is 47.3 Å². The molecule has 0 aliphatic carbocycles. The Morgan fingerprint density at radius 2 is 1.95 bits per heavy atom. The van der Waals surface area contributed by atoms with Crippen molar-refractivity contribution in [3.05, 3.63) is 63.4 Å². The van der Waals surface area contributed by atoms with Gasteiger partial charge in [-0.15, -0.1) is 5.10 Å². The fourth-order valence-corrected chi connectivity index (χ4v) is 2.17. The van der Waals surface area contributed by atoms with Gasteiger partial charge in [0, 0.05) is 5.02 Å². The molecule has 104 valence electrons. The van der Waals surface area contributed by atoms with Crippen molar-refractivity contribution < 1.29 is 9.90 Å². The first-order valence-electron chi connectivity index (χ1n) is 5.96. The Kier molecular flexibility index (Phi) is 3.15. The highest BCUT2D eigenvalue weighted by atomic mass is 35.5. The van der Waals surface area contributed by atoms with E-state index in [0.29, 0.717) is 15.9 Å². The van der Waals surface area contributed by atoms with Crippen LogP contribution >= 0.6 is 11.6 Å². The first-order chi connectivity index (χ1) is 10.1. The minimum Gasteiger partial charge on any atom is -0.478 e. The van der Waals surface area contributed by atoms with Crippen molar-refractivity contribution in [3.8, 4) is 5.69 Å². The Morgan fingerprint density at radius 3 is 2.71 bits per heavy atom. The lowest BCUT2D eigenvalue weighted by Gasteiger charge is -2.08. The van der Waals surface area contributed by atoms with E-state index in [-0.39, 0.29) is 11.3 Å². The Labute approximate surface area is 123 Å². The van der Waals surface area contributed by atoms with Crippen LogP contribution in [0.25, 0.3) is 16.6 Å². The monoisotopic (exact) mass is 301 g/mol. The van der Waals surface area contributed by atoms with E-state index >= 15 is 0 Å². The summed E-state index contributed by atoms with van der Waals surface area (Å²) in [5.41, 5.74) is -0.00708. The second-order valence-electron chi connectivity index (χ2n) is 4.29. The molecule has 0 saturated heterocycles. The average Bonchev–Trinajstić information content (AvgIpc) is 2.47. The molecule has 0 spiro atoms. The van der Waals surface area contributed by atoms with Gasteiger partial charge in [0.15, 0.2) is 0 Å². The molecule has 0 saturated carbocycles. The molecular formula is C14H8ClN3O3. The number of aromatic nitrogens is 3. The highest BCUT2D eigenvalue weighted by Gasteiger charge is 2.15. The van der Waals surface area contributed by atoms with Crippen LogP contribution < -0.4 is 5.56 Å². The lowest BCUT2D eigenvalue weighted by atomic mass is 10.1. The Hall–Kier alpha value is -2.73. The van der Waals surface area contributed by atoms with Crippen LogP contribution in [0.4, 0.5) is 0 Å². The number of halogens is 1. The molecule has 6 nitrogen and oxygen atoms in total. The van der Waals surface area contributed by atoms with E-state index in [1.165, 1.54) is 18.2 Å². The second-order valence-corrected chi connectivity index (χ2v) is 4.73. The minimum absolute atomic E-state index is 0.0777. The third kappa shape index (κ3) is 2.25. The SMILES string of the molecule is O=C(O)c1ccc(Cl)cc1-n1nnc2ccccc2c1=O. The minimum atomic E-state index is -1.18. The van der Waals surface area contributed by atoms with Crippen molar-refractivity contribution in [2.24, 2.45) is 0 Å². The third-order valence-electron chi connectivity index (χ3n) is 2.99. The number of hydrogen-bond donors (Lipinski definition) is 1. The normalized spacial score (nSPS) is 10.7. The molecule has 0 radical (unpaired) electrons. The number of rotatable bonds is 2. The molecule has 0 amide bonds. The average molecular weight is 302 g/mol. The molecule has 0 unspecified atom stereocenters. The number of aromatic carboxylic acids is 1. The van der Waals surface area contributed by atoms with Gasteiger partial charge >= 0.3 is 5.97 Å². The lowest BCUT2D eigenvalue weighted by molar-refractivity contribution is 0.0696. The zero-order valence-electron chi connectivity index (χ0n) is 10.5.